The normalized spacial score (nSPS) is 14.3. The zero-order valence-corrected chi connectivity index (χ0v) is 12.7. The molecule has 102 valence electrons. The zero-order valence-electron chi connectivity index (χ0n) is 11.2. The van der Waals surface area contributed by atoms with Gasteiger partial charge in [0.1, 0.15) is 5.75 Å². The first-order chi connectivity index (χ1) is 8.43. The molecule has 4 heteroatoms. The summed E-state index contributed by atoms with van der Waals surface area (Å²) in [7, 11) is 0. The van der Waals surface area contributed by atoms with Crippen LogP contribution in [0.1, 0.15) is 32.8 Å². The molecule has 2 atom stereocenters. The first-order valence-electron chi connectivity index (χ1n) is 6.30. The fourth-order valence-electron chi connectivity index (χ4n) is 2.16. The molecule has 0 aliphatic rings. The minimum atomic E-state index is 0.199. The van der Waals surface area contributed by atoms with Gasteiger partial charge in [-0.25, -0.2) is 0 Å². The highest BCUT2D eigenvalue weighted by Gasteiger charge is 2.14. The summed E-state index contributed by atoms with van der Waals surface area (Å²) < 4.78 is 5.61. The largest absolute Gasteiger partial charge is 0.492 e. The highest BCUT2D eigenvalue weighted by molar-refractivity contribution is 6.35. The van der Waals surface area contributed by atoms with E-state index in [1.165, 1.54) is 0 Å². The van der Waals surface area contributed by atoms with Crippen LogP contribution < -0.4 is 10.5 Å². The molecule has 0 radical (unpaired) electrons. The van der Waals surface area contributed by atoms with Gasteiger partial charge in [-0.05, 0) is 50.3 Å². The van der Waals surface area contributed by atoms with E-state index in [0.29, 0.717) is 22.6 Å². The summed E-state index contributed by atoms with van der Waals surface area (Å²) in [4.78, 5) is 0. The summed E-state index contributed by atoms with van der Waals surface area (Å²) in [6, 6.07) is 3.84. The minimum Gasteiger partial charge on any atom is -0.492 e. The topological polar surface area (TPSA) is 35.2 Å². The molecule has 2 N–H and O–H groups in total. The Morgan fingerprint density at radius 3 is 2.50 bits per heavy atom. The first kappa shape index (κ1) is 15.6. The van der Waals surface area contributed by atoms with Crippen LogP contribution in [0.25, 0.3) is 0 Å². The fraction of sp³-hybridized carbons (Fsp3) is 0.571. The van der Waals surface area contributed by atoms with Crippen molar-refractivity contribution in [1.82, 2.24) is 0 Å². The van der Waals surface area contributed by atoms with Crippen molar-refractivity contribution in [2.45, 2.75) is 39.7 Å². The van der Waals surface area contributed by atoms with Crippen LogP contribution in [-0.2, 0) is 6.42 Å². The maximum absolute atomic E-state index is 6.17. The summed E-state index contributed by atoms with van der Waals surface area (Å²) in [6.07, 6.45) is 1.84. The van der Waals surface area contributed by atoms with Crippen LogP contribution in [0.2, 0.25) is 10.0 Å². The standard InChI is InChI=1S/C14H21Cl2NO/c1-4-18-14-11(6-9(2)5-10(3)17)7-12(15)8-13(14)16/h7-10H,4-6,17H2,1-3H3. The van der Waals surface area contributed by atoms with Crippen molar-refractivity contribution in [3.63, 3.8) is 0 Å². The smallest absolute Gasteiger partial charge is 0.141 e. The Morgan fingerprint density at radius 2 is 1.94 bits per heavy atom. The number of ether oxygens (including phenoxy) is 1. The second-order valence-corrected chi connectivity index (χ2v) is 5.67. The number of benzene rings is 1. The highest BCUT2D eigenvalue weighted by atomic mass is 35.5. The summed E-state index contributed by atoms with van der Waals surface area (Å²) in [5.74, 6) is 1.22. The molecule has 0 heterocycles. The van der Waals surface area contributed by atoms with E-state index < -0.39 is 0 Å². The molecular formula is C14H21Cl2NO. The van der Waals surface area contributed by atoms with Gasteiger partial charge in [0.15, 0.2) is 0 Å². The van der Waals surface area contributed by atoms with Crippen LogP contribution in [0.3, 0.4) is 0 Å². The summed E-state index contributed by atoms with van der Waals surface area (Å²) in [5, 5.41) is 1.22. The highest BCUT2D eigenvalue weighted by Crippen LogP contribution is 2.34. The van der Waals surface area contributed by atoms with Crippen molar-refractivity contribution in [2.75, 3.05) is 6.61 Å². The lowest BCUT2D eigenvalue weighted by molar-refractivity contribution is 0.333. The molecule has 0 aromatic heterocycles. The molecule has 0 spiro atoms. The molecule has 0 saturated carbocycles. The Morgan fingerprint density at radius 1 is 1.28 bits per heavy atom. The van der Waals surface area contributed by atoms with Crippen LogP contribution in [0.15, 0.2) is 12.1 Å². The zero-order chi connectivity index (χ0) is 13.7. The van der Waals surface area contributed by atoms with E-state index >= 15 is 0 Å². The quantitative estimate of drug-likeness (QED) is 0.847. The van der Waals surface area contributed by atoms with Gasteiger partial charge in [-0.15, -0.1) is 0 Å². The van der Waals surface area contributed by atoms with E-state index in [4.69, 9.17) is 33.7 Å². The molecule has 18 heavy (non-hydrogen) atoms. The number of nitrogens with two attached hydrogens (primary N) is 1. The maximum atomic E-state index is 6.17. The molecule has 2 unspecified atom stereocenters. The van der Waals surface area contributed by atoms with Crippen molar-refractivity contribution >= 4 is 23.2 Å². The molecule has 1 aromatic rings. The Kier molecular flexibility index (Phi) is 6.27. The lowest BCUT2D eigenvalue weighted by Gasteiger charge is -2.17. The predicted molar refractivity (Wildman–Crippen MR) is 78.8 cm³/mol. The molecular weight excluding hydrogens is 269 g/mol. The van der Waals surface area contributed by atoms with Crippen LogP contribution in [0, 0.1) is 5.92 Å². The van der Waals surface area contributed by atoms with Gasteiger partial charge in [-0.2, -0.15) is 0 Å². The van der Waals surface area contributed by atoms with Crippen molar-refractivity contribution in [3.8, 4) is 5.75 Å². The summed E-state index contributed by atoms with van der Waals surface area (Å²) in [6.45, 7) is 6.73. The molecule has 1 aromatic carbocycles. The number of hydrogen-bond donors (Lipinski definition) is 1. The van der Waals surface area contributed by atoms with Gasteiger partial charge in [0, 0.05) is 11.1 Å². The van der Waals surface area contributed by atoms with Gasteiger partial charge in [0.05, 0.1) is 11.6 Å². The van der Waals surface area contributed by atoms with Gasteiger partial charge in [-0.3, -0.25) is 0 Å². The minimum absolute atomic E-state index is 0.199. The van der Waals surface area contributed by atoms with Gasteiger partial charge in [-0.1, -0.05) is 30.1 Å². The van der Waals surface area contributed by atoms with Crippen LogP contribution >= 0.6 is 23.2 Å². The second-order valence-electron chi connectivity index (χ2n) is 4.83. The third kappa shape index (κ3) is 4.68. The molecule has 0 aliphatic carbocycles. The third-order valence-electron chi connectivity index (χ3n) is 2.72. The van der Waals surface area contributed by atoms with Gasteiger partial charge < -0.3 is 10.5 Å². The number of rotatable bonds is 6. The van der Waals surface area contributed by atoms with Gasteiger partial charge in [0.2, 0.25) is 0 Å². The average molecular weight is 290 g/mol. The molecule has 1 rings (SSSR count). The predicted octanol–water partition coefficient (Wildman–Crippen LogP) is 4.31. The molecule has 0 saturated heterocycles. The van der Waals surface area contributed by atoms with Crippen molar-refractivity contribution < 1.29 is 4.74 Å². The third-order valence-corrected chi connectivity index (χ3v) is 3.22. The monoisotopic (exact) mass is 289 g/mol. The lowest BCUT2D eigenvalue weighted by Crippen LogP contribution is -2.19. The van der Waals surface area contributed by atoms with Crippen molar-refractivity contribution in [3.05, 3.63) is 27.7 Å². The molecule has 0 fully saturated rings. The Balaban J connectivity index is 2.91. The Bertz CT molecular complexity index is 394. The fourth-order valence-corrected chi connectivity index (χ4v) is 2.75. The first-order valence-corrected chi connectivity index (χ1v) is 7.05. The van der Waals surface area contributed by atoms with Crippen LogP contribution in [0.5, 0.6) is 5.75 Å². The maximum Gasteiger partial charge on any atom is 0.141 e. The molecule has 0 aliphatic heterocycles. The Labute approximate surface area is 119 Å². The summed E-state index contributed by atoms with van der Waals surface area (Å²) >= 11 is 12.2. The summed E-state index contributed by atoms with van der Waals surface area (Å²) in [5.41, 5.74) is 6.88. The van der Waals surface area contributed by atoms with Crippen molar-refractivity contribution in [2.24, 2.45) is 11.7 Å². The van der Waals surface area contributed by atoms with E-state index in [2.05, 4.69) is 6.92 Å². The SMILES string of the molecule is CCOc1c(Cl)cc(Cl)cc1CC(C)CC(C)N. The van der Waals surface area contributed by atoms with Gasteiger partial charge in [0.25, 0.3) is 0 Å². The molecule has 2 nitrogen and oxygen atoms in total. The Hall–Kier alpha value is -0.440. The van der Waals surface area contributed by atoms with E-state index in [9.17, 15) is 0 Å². The van der Waals surface area contributed by atoms with E-state index in [1.807, 2.05) is 19.9 Å². The number of hydrogen-bond acceptors (Lipinski definition) is 2. The average Bonchev–Trinajstić information content (AvgIpc) is 2.21. The van der Waals surface area contributed by atoms with Crippen LogP contribution in [0.4, 0.5) is 0 Å². The van der Waals surface area contributed by atoms with E-state index in [1.54, 1.807) is 6.07 Å². The number of halogens is 2. The van der Waals surface area contributed by atoms with Gasteiger partial charge >= 0.3 is 0 Å². The van der Waals surface area contributed by atoms with Crippen molar-refractivity contribution in [1.29, 1.82) is 0 Å². The van der Waals surface area contributed by atoms with Crippen LogP contribution in [-0.4, -0.2) is 12.6 Å². The second kappa shape index (κ2) is 7.22. The molecule has 0 bridgehead atoms. The van der Waals surface area contributed by atoms with E-state index in [-0.39, 0.29) is 6.04 Å². The lowest BCUT2D eigenvalue weighted by atomic mass is 9.95. The van der Waals surface area contributed by atoms with E-state index in [0.717, 1.165) is 24.2 Å². The molecule has 0 amide bonds.